The van der Waals surface area contributed by atoms with Crippen molar-refractivity contribution >= 4 is 17.5 Å². The lowest BCUT2D eigenvalue weighted by Crippen LogP contribution is -2.12. The average Bonchev–Trinajstić information content (AvgIpc) is 2.70. The summed E-state index contributed by atoms with van der Waals surface area (Å²) in [4.78, 5) is 12.0. The van der Waals surface area contributed by atoms with Gasteiger partial charge in [0, 0.05) is 7.05 Å². The summed E-state index contributed by atoms with van der Waals surface area (Å²) in [7, 11) is 1.85. The van der Waals surface area contributed by atoms with Gasteiger partial charge in [-0.1, -0.05) is 0 Å². The number of ether oxygens (including phenoxy) is 1. The molecule has 9 heteroatoms. The zero-order chi connectivity index (χ0) is 13.8. The molecule has 0 saturated heterocycles. The Kier molecular flexibility index (Phi) is 4.10. The predicted molar refractivity (Wildman–Crippen MR) is 68.9 cm³/mol. The van der Waals surface area contributed by atoms with Gasteiger partial charge in [-0.25, -0.2) is 0 Å². The van der Waals surface area contributed by atoms with Gasteiger partial charge < -0.3 is 14.6 Å². The van der Waals surface area contributed by atoms with Gasteiger partial charge in [-0.15, -0.1) is 10.2 Å². The molecular weight excluding hydrogens is 270 g/mol. The molecule has 0 aliphatic carbocycles. The Hall–Kier alpha value is -1.96. The second kappa shape index (κ2) is 5.79. The zero-order valence-electron chi connectivity index (χ0n) is 10.8. The Morgan fingerprint density at radius 1 is 1.37 bits per heavy atom. The van der Waals surface area contributed by atoms with Crippen LogP contribution in [0.4, 0.5) is 5.95 Å². The van der Waals surface area contributed by atoms with Gasteiger partial charge in [0.25, 0.3) is 0 Å². The average molecular weight is 284 g/mol. The number of rotatable bonds is 5. The lowest BCUT2D eigenvalue weighted by atomic mass is 10.5. The van der Waals surface area contributed by atoms with Gasteiger partial charge in [0.15, 0.2) is 5.82 Å². The molecule has 0 radical (unpaired) electrons. The number of nitrogens with one attached hydrogen (secondary N) is 1. The molecule has 2 aromatic rings. The van der Waals surface area contributed by atoms with Crippen LogP contribution in [0.25, 0.3) is 0 Å². The van der Waals surface area contributed by atoms with Crippen molar-refractivity contribution in [3.8, 4) is 6.01 Å². The summed E-state index contributed by atoms with van der Waals surface area (Å²) in [6.45, 7) is 4.19. The summed E-state index contributed by atoms with van der Waals surface area (Å²) in [5.74, 6) is 1.08. The second-order valence-corrected chi connectivity index (χ2v) is 4.43. The summed E-state index contributed by atoms with van der Waals surface area (Å²) in [6, 6.07) is 0.190. The van der Waals surface area contributed by atoms with Crippen molar-refractivity contribution in [2.75, 3.05) is 5.32 Å². The van der Waals surface area contributed by atoms with Crippen LogP contribution in [0.1, 0.15) is 19.7 Å². The van der Waals surface area contributed by atoms with Crippen molar-refractivity contribution in [1.82, 2.24) is 29.7 Å². The maximum Gasteiger partial charge on any atom is 0.322 e. The number of hydrogen-bond acceptors (Lipinski definition) is 7. The van der Waals surface area contributed by atoms with Gasteiger partial charge in [-0.2, -0.15) is 15.0 Å². The predicted octanol–water partition coefficient (Wildman–Crippen LogP) is 1.05. The van der Waals surface area contributed by atoms with Gasteiger partial charge in [-0.05, 0) is 25.4 Å². The SMILES string of the molecule is CC(C)Oc1nc(Cl)nc(NCc2nncn2C)n1. The normalized spacial score (nSPS) is 10.8. The maximum atomic E-state index is 5.81. The molecule has 0 bridgehead atoms. The third-order valence-corrected chi connectivity index (χ3v) is 2.31. The molecule has 0 fully saturated rings. The summed E-state index contributed by atoms with van der Waals surface area (Å²) in [6.07, 6.45) is 1.58. The van der Waals surface area contributed by atoms with Crippen LogP contribution in [0.5, 0.6) is 6.01 Å². The van der Waals surface area contributed by atoms with Crippen LogP contribution in [0.3, 0.4) is 0 Å². The highest BCUT2D eigenvalue weighted by molar-refractivity contribution is 6.28. The molecule has 0 saturated carbocycles. The molecule has 0 aliphatic heterocycles. The Morgan fingerprint density at radius 3 is 2.79 bits per heavy atom. The van der Waals surface area contributed by atoms with Crippen LogP contribution in [0, 0.1) is 0 Å². The van der Waals surface area contributed by atoms with Crippen LogP contribution in [-0.2, 0) is 13.6 Å². The van der Waals surface area contributed by atoms with E-state index in [4.69, 9.17) is 16.3 Å². The molecule has 19 heavy (non-hydrogen) atoms. The summed E-state index contributed by atoms with van der Waals surface area (Å²) in [5.41, 5.74) is 0. The van der Waals surface area contributed by atoms with Crippen LogP contribution in [-0.4, -0.2) is 35.8 Å². The van der Waals surface area contributed by atoms with Crippen LogP contribution in [0.2, 0.25) is 5.28 Å². The van der Waals surface area contributed by atoms with Gasteiger partial charge in [0.05, 0.1) is 12.6 Å². The lowest BCUT2D eigenvalue weighted by Gasteiger charge is -2.09. The highest BCUT2D eigenvalue weighted by Gasteiger charge is 2.08. The molecule has 0 spiro atoms. The standard InChI is InChI=1S/C10H14ClN7O/c1-6(2)19-10-15-8(11)14-9(16-10)12-4-7-17-13-5-18(7)3/h5-6H,4H2,1-3H3,(H,12,14,15,16). The van der Waals surface area contributed by atoms with E-state index in [9.17, 15) is 0 Å². The van der Waals surface area contributed by atoms with E-state index in [1.807, 2.05) is 20.9 Å². The van der Waals surface area contributed by atoms with E-state index in [-0.39, 0.29) is 17.4 Å². The van der Waals surface area contributed by atoms with E-state index < -0.39 is 0 Å². The number of hydrogen-bond donors (Lipinski definition) is 1. The first-order valence-electron chi connectivity index (χ1n) is 5.69. The first-order chi connectivity index (χ1) is 9.04. The molecule has 102 valence electrons. The first-order valence-corrected chi connectivity index (χ1v) is 6.07. The quantitative estimate of drug-likeness (QED) is 0.877. The fraction of sp³-hybridized carbons (Fsp3) is 0.500. The smallest absolute Gasteiger partial charge is 0.322 e. The number of halogens is 1. The molecular formula is C10H14ClN7O. The van der Waals surface area contributed by atoms with Crippen molar-refractivity contribution in [3.63, 3.8) is 0 Å². The molecule has 8 nitrogen and oxygen atoms in total. The summed E-state index contributed by atoms with van der Waals surface area (Å²) in [5, 5.41) is 10.8. The lowest BCUT2D eigenvalue weighted by molar-refractivity contribution is 0.222. The molecule has 1 N–H and O–H groups in total. The molecule has 2 rings (SSSR count). The van der Waals surface area contributed by atoms with Crippen LogP contribution in [0.15, 0.2) is 6.33 Å². The van der Waals surface area contributed by atoms with E-state index >= 15 is 0 Å². The van der Waals surface area contributed by atoms with Gasteiger partial charge in [0.2, 0.25) is 11.2 Å². The highest BCUT2D eigenvalue weighted by Crippen LogP contribution is 2.13. The van der Waals surface area contributed by atoms with Gasteiger partial charge in [0.1, 0.15) is 6.33 Å². The Balaban J connectivity index is 2.07. The molecule has 2 heterocycles. The molecule has 0 aliphatic rings. The highest BCUT2D eigenvalue weighted by atomic mass is 35.5. The van der Waals surface area contributed by atoms with Crippen LogP contribution >= 0.6 is 11.6 Å². The molecule has 2 aromatic heterocycles. The van der Waals surface area contributed by atoms with Gasteiger partial charge in [-0.3, -0.25) is 0 Å². The molecule has 0 unspecified atom stereocenters. The summed E-state index contributed by atoms with van der Waals surface area (Å²) >= 11 is 5.81. The van der Waals surface area contributed by atoms with Crippen molar-refractivity contribution in [1.29, 1.82) is 0 Å². The number of nitrogens with zero attached hydrogens (tertiary/aromatic N) is 6. The van der Waals surface area contributed by atoms with Crippen molar-refractivity contribution in [2.45, 2.75) is 26.5 Å². The number of anilines is 1. The largest absolute Gasteiger partial charge is 0.461 e. The number of aryl methyl sites for hydroxylation is 1. The fourth-order valence-corrected chi connectivity index (χ4v) is 1.45. The first kappa shape index (κ1) is 13.5. The topological polar surface area (TPSA) is 90.6 Å². The van der Waals surface area contributed by atoms with Crippen molar-refractivity contribution < 1.29 is 4.74 Å². The molecule has 0 amide bonds. The Morgan fingerprint density at radius 2 is 2.16 bits per heavy atom. The number of aromatic nitrogens is 6. The molecule has 0 aromatic carbocycles. The minimum Gasteiger partial charge on any atom is -0.461 e. The summed E-state index contributed by atoms with van der Waals surface area (Å²) < 4.78 is 7.17. The van der Waals surface area contributed by atoms with E-state index in [0.29, 0.717) is 12.5 Å². The monoisotopic (exact) mass is 283 g/mol. The Bertz CT molecular complexity index is 557. The fourth-order valence-electron chi connectivity index (χ4n) is 1.30. The zero-order valence-corrected chi connectivity index (χ0v) is 11.6. The van der Waals surface area contributed by atoms with Crippen molar-refractivity contribution in [2.24, 2.45) is 7.05 Å². The maximum absolute atomic E-state index is 5.81. The third-order valence-electron chi connectivity index (χ3n) is 2.14. The van der Waals surface area contributed by atoms with Gasteiger partial charge >= 0.3 is 6.01 Å². The van der Waals surface area contributed by atoms with E-state index in [2.05, 4.69) is 30.5 Å². The van der Waals surface area contributed by atoms with E-state index in [1.165, 1.54) is 0 Å². The third kappa shape index (κ3) is 3.75. The second-order valence-electron chi connectivity index (χ2n) is 4.09. The van der Waals surface area contributed by atoms with Crippen LogP contribution < -0.4 is 10.1 Å². The van der Waals surface area contributed by atoms with Crippen molar-refractivity contribution in [3.05, 3.63) is 17.4 Å². The van der Waals surface area contributed by atoms with E-state index in [1.54, 1.807) is 10.9 Å². The van der Waals surface area contributed by atoms with E-state index in [0.717, 1.165) is 5.82 Å². The minimum atomic E-state index is -0.0370. The minimum absolute atomic E-state index is 0.0370. The molecule has 0 atom stereocenters. The Labute approximate surface area is 115 Å².